The zero-order valence-corrected chi connectivity index (χ0v) is 8.86. The van der Waals surface area contributed by atoms with Crippen LogP contribution in [-0.4, -0.2) is 47.9 Å². The van der Waals surface area contributed by atoms with Crippen LogP contribution < -0.4 is 5.73 Å². The number of urea groups is 1. The zero-order valence-electron chi connectivity index (χ0n) is 8.86. The highest BCUT2D eigenvalue weighted by Crippen LogP contribution is 2.21. The predicted molar refractivity (Wildman–Crippen MR) is 52.6 cm³/mol. The van der Waals surface area contributed by atoms with Crippen LogP contribution in [-0.2, 0) is 4.79 Å². The Hall–Kier alpha value is -1.10. The number of nitrogens with two attached hydrogens (primary N) is 1. The summed E-state index contributed by atoms with van der Waals surface area (Å²) in [6.45, 7) is 4.48. The minimum absolute atomic E-state index is 0.127. The average Bonchev–Trinajstić information content (AvgIpc) is 2.30. The van der Waals surface area contributed by atoms with Crippen molar-refractivity contribution >= 4 is 11.9 Å². The van der Waals surface area contributed by atoms with Crippen LogP contribution in [0.4, 0.5) is 4.79 Å². The number of hydrogen-bond donors (Lipinski definition) is 1. The van der Waals surface area contributed by atoms with E-state index < -0.39 is 0 Å². The van der Waals surface area contributed by atoms with Crippen molar-refractivity contribution in [1.29, 1.82) is 0 Å². The molecule has 1 aliphatic heterocycles. The van der Waals surface area contributed by atoms with E-state index in [1.54, 1.807) is 7.05 Å². The van der Waals surface area contributed by atoms with E-state index in [4.69, 9.17) is 5.73 Å². The highest BCUT2D eigenvalue weighted by molar-refractivity contribution is 6.04. The Balaban J connectivity index is 2.85. The van der Waals surface area contributed by atoms with Crippen LogP contribution in [0.5, 0.6) is 0 Å². The molecule has 14 heavy (non-hydrogen) atoms. The standard InChI is InChI=1S/C9H17N3O2/c1-6(2)7-8(13)12(5-4-10)9(14)11(7)3/h6-7H,4-5,10H2,1-3H3. The number of nitrogens with zero attached hydrogens (tertiary/aromatic N) is 2. The lowest BCUT2D eigenvalue weighted by Crippen LogP contribution is -2.36. The van der Waals surface area contributed by atoms with E-state index in [1.165, 1.54) is 9.80 Å². The third kappa shape index (κ3) is 1.59. The summed E-state index contributed by atoms with van der Waals surface area (Å²) in [5.74, 6) is 0.0113. The van der Waals surface area contributed by atoms with Gasteiger partial charge in [-0.1, -0.05) is 13.8 Å². The second-order valence-electron chi connectivity index (χ2n) is 3.86. The van der Waals surface area contributed by atoms with Gasteiger partial charge < -0.3 is 10.6 Å². The van der Waals surface area contributed by atoms with Crippen molar-refractivity contribution in [2.75, 3.05) is 20.1 Å². The Bertz CT molecular complexity index is 252. The zero-order chi connectivity index (χ0) is 10.9. The van der Waals surface area contributed by atoms with E-state index in [0.717, 1.165) is 0 Å². The molecule has 1 saturated heterocycles. The van der Waals surface area contributed by atoms with Crippen molar-refractivity contribution in [2.24, 2.45) is 11.7 Å². The fourth-order valence-electron chi connectivity index (χ4n) is 1.80. The first kappa shape index (κ1) is 11.0. The molecule has 5 heteroatoms. The second kappa shape index (κ2) is 3.96. The first-order valence-electron chi connectivity index (χ1n) is 4.79. The summed E-state index contributed by atoms with van der Waals surface area (Å²) >= 11 is 0. The van der Waals surface area contributed by atoms with Crippen LogP contribution in [0, 0.1) is 5.92 Å². The van der Waals surface area contributed by atoms with Crippen LogP contribution >= 0.6 is 0 Å². The number of amides is 3. The van der Waals surface area contributed by atoms with E-state index in [2.05, 4.69) is 0 Å². The van der Waals surface area contributed by atoms with Gasteiger partial charge in [-0.3, -0.25) is 9.69 Å². The van der Waals surface area contributed by atoms with Gasteiger partial charge in [-0.25, -0.2) is 4.79 Å². The van der Waals surface area contributed by atoms with Crippen molar-refractivity contribution in [1.82, 2.24) is 9.80 Å². The molecule has 0 spiro atoms. The lowest BCUT2D eigenvalue weighted by atomic mass is 10.0. The fraction of sp³-hybridized carbons (Fsp3) is 0.778. The molecule has 80 valence electrons. The quantitative estimate of drug-likeness (QED) is 0.643. The van der Waals surface area contributed by atoms with Gasteiger partial charge in [0, 0.05) is 20.1 Å². The van der Waals surface area contributed by atoms with Crippen molar-refractivity contribution < 1.29 is 9.59 Å². The lowest BCUT2D eigenvalue weighted by Gasteiger charge is -2.19. The third-order valence-corrected chi connectivity index (χ3v) is 2.45. The van der Waals surface area contributed by atoms with Gasteiger partial charge >= 0.3 is 6.03 Å². The Morgan fingerprint density at radius 2 is 2.00 bits per heavy atom. The van der Waals surface area contributed by atoms with Crippen molar-refractivity contribution in [2.45, 2.75) is 19.9 Å². The molecule has 1 rings (SSSR count). The molecule has 1 fully saturated rings. The van der Waals surface area contributed by atoms with Crippen LogP contribution in [0.15, 0.2) is 0 Å². The Kier molecular flexibility index (Phi) is 3.10. The third-order valence-electron chi connectivity index (χ3n) is 2.45. The van der Waals surface area contributed by atoms with Crippen LogP contribution in [0.1, 0.15) is 13.8 Å². The van der Waals surface area contributed by atoms with Gasteiger partial charge in [0.1, 0.15) is 6.04 Å². The molecule has 3 amide bonds. The highest BCUT2D eigenvalue weighted by atomic mass is 16.2. The maximum Gasteiger partial charge on any atom is 0.327 e. The molecule has 0 aliphatic carbocycles. The van der Waals surface area contributed by atoms with E-state index >= 15 is 0 Å². The highest BCUT2D eigenvalue weighted by Gasteiger charge is 2.43. The maximum absolute atomic E-state index is 11.8. The monoisotopic (exact) mass is 199 g/mol. The molecule has 0 aromatic carbocycles. The Morgan fingerprint density at radius 1 is 1.43 bits per heavy atom. The van der Waals surface area contributed by atoms with Gasteiger partial charge in [0.15, 0.2) is 0 Å². The molecule has 0 radical (unpaired) electrons. The topological polar surface area (TPSA) is 66.6 Å². The molecule has 1 aliphatic rings. The largest absolute Gasteiger partial charge is 0.329 e. The molecule has 0 aromatic rings. The number of hydrogen-bond acceptors (Lipinski definition) is 3. The SMILES string of the molecule is CC(C)C1C(=O)N(CCN)C(=O)N1C. The summed E-state index contributed by atoms with van der Waals surface area (Å²) < 4.78 is 0. The molecule has 0 bridgehead atoms. The molecule has 1 unspecified atom stereocenters. The van der Waals surface area contributed by atoms with Crippen LogP contribution in [0.2, 0.25) is 0 Å². The van der Waals surface area contributed by atoms with Gasteiger partial charge in [0.2, 0.25) is 0 Å². The van der Waals surface area contributed by atoms with Gasteiger partial charge in [0.25, 0.3) is 5.91 Å². The minimum Gasteiger partial charge on any atom is -0.329 e. The smallest absolute Gasteiger partial charge is 0.327 e. The Labute approximate surface area is 83.8 Å². The molecule has 2 N–H and O–H groups in total. The van der Waals surface area contributed by atoms with E-state index in [0.29, 0.717) is 13.1 Å². The van der Waals surface area contributed by atoms with E-state index in [-0.39, 0.29) is 23.9 Å². The predicted octanol–water partition coefficient (Wildman–Crippen LogP) is -0.136. The summed E-state index contributed by atoms with van der Waals surface area (Å²) in [5, 5.41) is 0. The lowest BCUT2D eigenvalue weighted by molar-refractivity contribution is -0.129. The Morgan fingerprint density at radius 3 is 2.36 bits per heavy atom. The normalized spacial score (nSPS) is 22.8. The van der Waals surface area contributed by atoms with Gasteiger partial charge in [-0.05, 0) is 5.92 Å². The number of rotatable bonds is 3. The van der Waals surface area contributed by atoms with Gasteiger partial charge in [0.05, 0.1) is 0 Å². The molecule has 0 saturated carbocycles. The summed E-state index contributed by atoms with van der Waals surface area (Å²) in [7, 11) is 1.65. The summed E-state index contributed by atoms with van der Waals surface area (Å²) in [4.78, 5) is 26.1. The van der Waals surface area contributed by atoms with E-state index in [9.17, 15) is 9.59 Å². The maximum atomic E-state index is 11.8. The van der Waals surface area contributed by atoms with Crippen LogP contribution in [0.25, 0.3) is 0 Å². The molecular formula is C9H17N3O2. The minimum atomic E-state index is -0.325. The summed E-state index contributed by atoms with van der Waals surface area (Å²) in [6.07, 6.45) is 0. The van der Waals surface area contributed by atoms with E-state index in [1.807, 2.05) is 13.8 Å². The van der Waals surface area contributed by atoms with Crippen LogP contribution in [0.3, 0.4) is 0 Å². The summed E-state index contributed by atoms with van der Waals surface area (Å²) in [5.41, 5.74) is 5.34. The van der Waals surface area contributed by atoms with Crippen molar-refractivity contribution in [3.05, 3.63) is 0 Å². The fourth-order valence-corrected chi connectivity index (χ4v) is 1.80. The number of likely N-dealkylation sites (N-methyl/N-ethyl adjacent to an activating group) is 1. The number of imide groups is 1. The van der Waals surface area contributed by atoms with Gasteiger partial charge in [-0.2, -0.15) is 0 Å². The average molecular weight is 199 g/mol. The second-order valence-corrected chi connectivity index (χ2v) is 3.86. The number of carbonyl (C=O) groups excluding carboxylic acids is 2. The molecule has 1 heterocycles. The number of carbonyl (C=O) groups is 2. The van der Waals surface area contributed by atoms with Gasteiger partial charge in [-0.15, -0.1) is 0 Å². The molecule has 5 nitrogen and oxygen atoms in total. The molecular weight excluding hydrogens is 182 g/mol. The molecule has 0 aromatic heterocycles. The van der Waals surface area contributed by atoms with Crippen molar-refractivity contribution in [3.8, 4) is 0 Å². The first-order chi connectivity index (χ1) is 6.50. The summed E-state index contributed by atoms with van der Waals surface area (Å²) in [6, 6.07) is -0.562. The first-order valence-corrected chi connectivity index (χ1v) is 4.79. The van der Waals surface area contributed by atoms with Crippen molar-refractivity contribution in [3.63, 3.8) is 0 Å². The molecule has 1 atom stereocenters.